The number of nitrogens with two attached hydrogens (primary N) is 1. The highest BCUT2D eigenvalue weighted by Gasteiger charge is 2.25. The van der Waals surface area contributed by atoms with Gasteiger partial charge in [0.25, 0.3) is 0 Å². The summed E-state index contributed by atoms with van der Waals surface area (Å²) in [6.07, 6.45) is 0. The Hall–Kier alpha value is -1.26. The zero-order valence-electron chi connectivity index (χ0n) is 8.23. The first-order valence-electron chi connectivity index (χ1n) is 4.33. The maximum atomic E-state index is 11.3. The highest BCUT2D eigenvalue weighted by Crippen LogP contribution is 2.34. The predicted molar refractivity (Wildman–Crippen MR) is 57.5 cm³/mol. The summed E-state index contributed by atoms with van der Waals surface area (Å²) in [7, 11) is 1.34. The van der Waals surface area contributed by atoms with E-state index in [2.05, 4.69) is 4.74 Å². The van der Waals surface area contributed by atoms with Gasteiger partial charge in [0.15, 0.2) is 0 Å². The first-order chi connectivity index (χ1) is 6.74. The van der Waals surface area contributed by atoms with Gasteiger partial charge in [-0.05, 0) is 6.07 Å². The van der Waals surface area contributed by atoms with E-state index in [0.29, 0.717) is 17.9 Å². The van der Waals surface area contributed by atoms with Crippen molar-refractivity contribution in [1.29, 1.82) is 0 Å². The Balaban J connectivity index is 0.00000112. The Morgan fingerprint density at radius 2 is 2.33 bits per heavy atom. The molecule has 0 aliphatic carbocycles. The van der Waals surface area contributed by atoms with Crippen LogP contribution >= 0.6 is 12.4 Å². The van der Waals surface area contributed by atoms with E-state index in [1.54, 1.807) is 12.1 Å². The van der Waals surface area contributed by atoms with Crippen LogP contribution in [0, 0.1) is 0 Å². The van der Waals surface area contributed by atoms with Gasteiger partial charge in [0, 0.05) is 5.56 Å². The van der Waals surface area contributed by atoms with E-state index in [9.17, 15) is 4.79 Å². The van der Waals surface area contributed by atoms with Crippen molar-refractivity contribution in [2.75, 3.05) is 13.7 Å². The quantitative estimate of drug-likeness (QED) is 0.737. The smallest absolute Gasteiger partial charge is 0.341 e. The van der Waals surface area contributed by atoms with E-state index in [-0.39, 0.29) is 18.4 Å². The van der Waals surface area contributed by atoms with Gasteiger partial charge in [0.1, 0.15) is 17.9 Å². The van der Waals surface area contributed by atoms with Gasteiger partial charge in [-0.3, -0.25) is 0 Å². The van der Waals surface area contributed by atoms with Crippen LogP contribution in [0.4, 0.5) is 0 Å². The van der Waals surface area contributed by atoms with Crippen molar-refractivity contribution < 1.29 is 14.3 Å². The highest BCUT2D eigenvalue weighted by molar-refractivity contribution is 5.93. The molecule has 0 radical (unpaired) electrons. The van der Waals surface area contributed by atoms with E-state index in [1.165, 1.54) is 7.11 Å². The summed E-state index contributed by atoms with van der Waals surface area (Å²) in [4.78, 5) is 11.3. The fourth-order valence-electron chi connectivity index (χ4n) is 1.54. The van der Waals surface area contributed by atoms with Gasteiger partial charge in [-0.15, -0.1) is 12.4 Å². The Bertz CT molecular complexity index is 381. The number of hydrogen-bond acceptors (Lipinski definition) is 4. The minimum Gasteiger partial charge on any atom is -0.490 e. The number of esters is 1. The summed E-state index contributed by atoms with van der Waals surface area (Å²) in [6, 6.07) is 5.16. The second-order valence-corrected chi connectivity index (χ2v) is 3.13. The van der Waals surface area contributed by atoms with Gasteiger partial charge in [-0.2, -0.15) is 0 Å². The first kappa shape index (κ1) is 11.8. The van der Waals surface area contributed by atoms with Gasteiger partial charge < -0.3 is 15.2 Å². The van der Waals surface area contributed by atoms with Crippen LogP contribution in [0.2, 0.25) is 0 Å². The summed E-state index contributed by atoms with van der Waals surface area (Å²) in [5, 5.41) is 0. The molecule has 0 aromatic heterocycles. The average molecular weight is 230 g/mol. The van der Waals surface area contributed by atoms with Crippen molar-refractivity contribution in [1.82, 2.24) is 0 Å². The lowest BCUT2D eigenvalue weighted by atomic mass is 10.1. The predicted octanol–water partition coefficient (Wildman–Crippen LogP) is 1.29. The number of carbonyl (C=O) groups excluding carboxylic acids is 1. The second kappa shape index (κ2) is 4.51. The molecule has 1 aromatic carbocycles. The molecule has 2 N–H and O–H groups in total. The number of hydrogen-bond donors (Lipinski definition) is 1. The van der Waals surface area contributed by atoms with Crippen molar-refractivity contribution in [3.63, 3.8) is 0 Å². The summed E-state index contributed by atoms with van der Waals surface area (Å²) in [6.45, 7) is 0.420. The SMILES string of the molecule is COC(=O)c1cccc2c1OC[C@@H]2N.Cl. The van der Waals surface area contributed by atoms with Crippen LogP contribution < -0.4 is 10.5 Å². The first-order valence-corrected chi connectivity index (χ1v) is 4.33. The number of para-hydroxylation sites is 1. The number of benzene rings is 1. The van der Waals surface area contributed by atoms with Crippen LogP contribution in [-0.4, -0.2) is 19.7 Å². The molecule has 1 aliphatic rings. The lowest BCUT2D eigenvalue weighted by Gasteiger charge is -2.05. The van der Waals surface area contributed by atoms with Crippen LogP contribution in [0.3, 0.4) is 0 Å². The van der Waals surface area contributed by atoms with Crippen molar-refractivity contribution in [2.45, 2.75) is 6.04 Å². The maximum absolute atomic E-state index is 11.3. The lowest BCUT2D eigenvalue weighted by Crippen LogP contribution is -2.10. The van der Waals surface area contributed by atoms with Gasteiger partial charge in [-0.1, -0.05) is 12.1 Å². The molecule has 5 heteroatoms. The third-order valence-corrected chi connectivity index (χ3v) is 2.26. The zero-order chi connectivity index (χ0) is 10.1. The van der Waals surface area contributed by atoms with Crippen LogP contribution in [0.25, 0.3) is 0 Å². The standard InChI is InChI=1S/C10H11NO3.ClH/c1-13-10(12)7-4-2-3-6-8(11)5-14-9(6)7;/h2-4,8H,5,11H2,1H3;1H/t8-;/m0./s1. The Labute approximate surface area is 93.8 Å². The molecule has 15 heavy (non-hydrogen) atoms. The van der Waals surface area contributed by atoms with Gasteiger partial charge in [0.2, 0.25) is 0 Å². The Morgan fingerprint density at radius 3 is 3.00 bits per heavy atom. The molecule has 2 rings (SSSR count). The van der Waals surface area contributed by atoms with Crippen molar-refractivity contribution in [3.8, 4) is 5.75 Å². The minimum absolute atomic E-state index is 0. The average Bonchev–Trinajstić information content (AvgIpc) is 2.59. The van der Waals surface area contributed by atoms with E-state index in [1.807, 2.05) is 6.07 Å². The topological polar surface area (TPSA) is 61.5 Å². The summed E-state index contributed by atoms with van der Waals surface area (Å²) < 4.78 is 9.98. The molecule has 1 heterocycles. The van der Waals surface area contributed by atoms with Gasteiger partial charge >= 0.3 is 5.97 Å². The van der Waals surface area contributed by atoms with E-state index in [0.717, 1.165) is 5.56 Å². The van der Waals surface area contributed by atoms with Crippen LogP contribution in [-0.2, 0) is 4.74 Å². The third kappa shape index (κ3) is 1.91. The normalized spacial score (nSPS) is 17.3. The lowest BCUT2D eigenvalue weighted by molar-refractivity contribution is 0.0597. The molecule has 0 saturated heterocycles. The molecule has 1 aromatic rings. The molecule has 4 nitrogen and oxygen atoms in total. The molecule has 0 bridgehead atoms. The Morgan fingerprint density at radius 1 is 1.60 bits per heavy atom. The summed E-state index contributed by atoms with van der Waals surface area (Å²) in [5.41, 5.74) is 7.09. The fraction of sp³-hybridized carbons (Fsp3) is 0.300. The highest BCUT2D eigenvalue weighted by atomic mass is 35.5. The number of rotatable bonds is 1. The summed E-state index contributed by atoms with van der Waals surface area (Å²) in [5.74, 6) is 0.169. The fourth-order valence-corrected chi connectivity index (χ4v) is 1.54. The summed E-state index contributed by atoms with van der Waals surface area (Å²) >= 11 is 0. The van der Waals surface area contributed by atoms with Gasteiger partial charge in [0.05, 0.1) is 13.2 Å². The molecule has 1 atom stereocenters. The molecule has 0 saturated carbocycles. The maximum Gasteiger partial charge on any atom is 0.341 e. The zero-order valence-corrected chi connectivity index (χ0v) is 9.04. The molecular weight excluding hydrogens is 218 g/mol. The number of carbonyl (C=O) groups is 1. The number of methoxy groups -OCH3 is 1. The largest absolute Gasteiger partial charge is 0.490 e. The molecule has 0 unspecified atom stereocenters. The third-order valence-electron chi connectivity index (χ3n) is 2.26. The minimum atomic E-state index is -0.393. The number of ether oxygens (including phenoxy) is 2. The van der Waals surface area contributed by atoms with Crippen molar-refractivity contribution in [3.05, 3.63) is 29.3 Å². The number of halogens is 1. The van der Waals surface area contributed by atoms with Crippen LogP contribution in [0.5, 0.6) is 5.75 Å². The molecule has 0 fully saturated rings. The Kier molecular flexibility index (Phi) is 3.55. The molecule has 0 spiro atoms. The van der Waals surface area contributed by atoms with Crippen molar-refractivity contribution in [2.24, 2.45) is 5.73 Å². The van der Waals surface area contributed by atoms with E-state index >= 15 is 0 Å². The number of fused-ring (bicyclic) bond motifs is 1. The molecular formula is C10H12ClNO3. The molecule has 1 aliphatic heterocycles. The van der Waals surface area contributed by atoms with Crippen LogP contribution in [0.1, 0.15) is 22.0 Å². The van der Waals surface area contributed by atoms with Crippen LogP contribution in [0.15, 0.2) is 18.2 Å². The van der Waals surface area contributed by atoms with Gasteiger partial charge in [-0.25, -0.2) is 4.79 Å². The monoisotopic (exact) mass is 229 g/mol. The van der Waals surface area contributed by atoms with E-state index in [4.69, 9.17) is 10.5 Å². The second-order valence-electron chi connectivity index (χ2n) is 3.13. The van der Waals surface area contributed by atoms with E-state index < -0.39 is 5.97 Å². The molecule has 0 amide bonds. The molecule has 82 valence electrons. The van der Waals surface area contributed by atoms with Crippen molar-refractivity contribution >= 4 is 18.4 Å².